The van der Waals surface area contributed by atoms with Gasteiger partial charge in [-0.3, -0.25) is 9.59 Å². The Labute approximate surface area is 181 Å². The third-order valence-corrected chi connectivity index (χ3v) is 7.15. The topological polar surface area (TPSA) is 96.4 Å². The van der Waals surface area contributed by atoms with E-state index in [0.29, 0.717) is 18.3 Å². The molecule has 1 fully saturated rings. The van der Waals surface area contributed by atoms with Crippen molar-refractivity contribution in [2.75, 3.05) is 11.4 Å². The Morgan fingerprint density at radius 3 is 2.68 bits per heavy atom. The van der Waals surface area contributed by atoms with Gasteiger partial charge < -0.3 is 4.90 Å². The molecule has 0 saturated carbocycles. The first-order chi connectivity index (χ1) is 14.6. The summed E-state index contributed by atoms with van der Waals surface area (Å²) in [5, 5.41) is 0.731. The molecule has 1 saturated heterocycles. The van der Waals surface area contributed by atoms with Crippen molar-refractivity contribution >= 4 is 38.4 Å². The van der Waals surface area contributed by atoms with E-state index in [1.165, 1.54) is 12.2 Å². The number of rotatable bonds is 4. The second kappa shape index (κ2) is 7.60. The fourth-order valence-electron chi connectivity index (χ4n) is 4.43. The van der Waals surface area contributed by atoms with Gasteiger partial charge >= 0.3 is 0 Å². The molecule has 31 heavy (non-hydrogen) atoms. The molecule has 0 radical (unpaired) electrons. The average molecular weight is 440 g/mol. The van der Waals surface area contributed by atoms with Gasteiger partial charge in [-0.05, 0) is 44.4 Å². The minimum Gasteiger partial charge on any atom is -0.351 e. The number of sulfonamides is 1. The van der Waals surface area contributed by atoms with Crippen molar-refractivity contribution in [3.8, 4) is 0 Å². The number of fused-ring (bicyclic) bond motifs is 1. The summed E-state index contributed by atoms with van der Waals surface area (Å²) in [5.41, 5.74) is 0.654. The van der Waals surface area contributed by atoms with Crippen LogP contribution in [0.4, 0.5) is 5.82 Å². The highest BCUT2D eigenvalue weighted by molar-refractivity contribution is 7.95. The van der Waals surface area contributed by atoms with Crippen LogP contribution in [0.2, 0.25) is 0 Å². The SMILES string of the molecule is C[C@@H]1CN(c2nc3ccccc3cc2C(=O)NS(=O)(=O)C2=CC=CCC2=O)C(C)(C)C1. The molecule has 0 bridgehead atoms. The van der Waals surface area contributed by atoms with Crippen LogP contribution in [0.3, 0.4) is 0 Å². The molecule has 0 unspecified atom stereocenters. The van der Waals surface area contributed by atoms with Crippen LogP contribution in [-0.2, 0) is 14.8 Å². The lowest BCUT2D eigenvalue weighted by Crippen LogP contribution is -2.41. The number of anilines is 1. The van der Waals surface area contributed by atoms with Crippen LogP contribution in [0.15, 0.2) is 53.5 Å². The van der Waals surface area contributed by atoms with Crippen LogP contribution < -0.4 is 9.62 Å². The van der Waals surface area contributed by atoms with E-state index in [2.05, 4.69) is 30.4 Å². The molecule has 0 spiro atoms. The summed E-state index contributed by atoms with van der Waals surface area (Å²) in [7, 11) is -4.30. The van der Waals surface area contributed by atoms with Crippen molar-refractivity contribution in [3.05, 3.63) is 59.0 Å². The average Bonchev–Trinajstić information content (AvgIpc) is 2.98. The van der Waals surface area contributed by atoms with E-state index in [1.54, 1.807) is 12.1 Å². The molecule has 1 atom stereocenters. The first kappa shape index (κ1) is 21.2. The van der Waals surface area contributed by atoms with E-state index in [1.807, 2.05) is 24.3 Å². The van der Waals surface area contributed by atoms with Gasteiger partial charge in [-0.25, -0.2) is 18.1 Å². The van der Waals surface area contributed by atoms with E-state index in [0.717, 1.165) is 17.3 Å². The monoisotopic (exact) mass is 439 g/mol. The first-order valence-corrected chi connectivity index (χ1v) is 11.7. The Balaban J connectivity index is 1.79. The zero-order chi connectivity index (χ0) is 22.4. The van der Waals surface area contributed by atoms with Crippen LogP contribution in [0.25, 0.3) is 10.9 Å². The predicted molar refractivity (Wildman–Crippen MR) is 120 cm³/mol. The highest BCUT2D eigenvalue weighted by atomic mass is 32.2. The molecule has 2 heterocycles. The number of hydrogen-bond acceptors (Lipinski definition) is 6. The zero-order valence-electron chi connectivity index (χ0n) is 17.8. The van der Waals surface area contributed by atoms with Gasteiger partial charge in [0.2, 0.25) is 0 Å². The van der Waals surface area contributed by atoms with Crippen LogP contribution in [-0.4, -0.2) is 37.2 Å². The predicted octanol–water partition coefficient (Wildman–Crippen LogP) is 3.33. The van der Waals surface area contributed by atoms with Crippen molar-refractivity contribution in [2.24, 2.45) is 5.92 Å². The highest BCUT2D eigenvalue weighted by Gasteiger charge is 2.39. The van der Waals surface area contributed by atoms with Crippen LogP contribution in [0, 0.1) is 5.92 Å². The van der Waals surface area contributed by atoms with E-state index in [-0.39, 0.29) is 17.5 Å². The van der Waals surface area contributed by atoms with Crippen LogP contribution in [0.5, 0.6) is 0 Å². The second-order valence-corrected chi connectivity index (χ2v) is 10.5. The molecule has 4 rings (SSSR count). The van der Waals surface area contributed by atoms with Crippen molar-refractivity contribution in [1.82, 2.24) is 9.71 Å². The maximum Gasteiger partial charge on any atom is 0.268 e. The fraction of sp³-hybridized carbons (Fsp3) is 0.348. The Kier molecular flexibility index (Phi) is 5.21. The lowest BCUT2D eigenvalue weighted by atomic mass is 9.97. The number of nitrogens with zero attached hydrogens (tertiary/aromatic N) is 2. The number of Topliss-reactive ketones (excluding diaryl/α,β-unsaturated/α-hetero) is 1. The van der Waals surface area contributed by atoms with E-state index in [9.17, 15) is 18.0 Å². The molecule has 1 N–H and O–H groups in total. The fourth-order valence-corrected chi connectivity index (χ4v) is 5.54. The zero-order valence-corrected chi connectivity index (χ0v) is 18.6. The molecule has 1 aliphatic carbocycles. The smallest absolute Gasteiger partial charge is 0.268 e. The lowest BCUT2D eigenvalue weighted by Gasteiger charge is -2.34. The van der Waals surface area contributed by atoms with Gasteiger partial charge in [0.1, 0.15) is 10.7 Å². The molecule has 8 heteroatoms. The molecule has 162 valence electrons. The van der Waals surface area contributed by atoms with Crippen molar-refractivity contribution in [3.63, 3.8) is 0 Å². The Bertz CT molecular complexity index is 1240. The molecule has 1 aromatic heterocycles. The summed E-state index contributed by atoms with van der Waals surface area (Å²) < 4.78 is 27.6. The van der Waals surface area contributed by atoms with Gasteiger partial charge in [0.15, 0.2) is 5.78 Å². The third-order valence-electron chi connectivity index (χ3n) is 5.76. The molecular formula is C23H25N3O4S. The van der Waals surface area contributed by atoms with Crippen molar-refractivity contribution in [1.29, 1.82) is 0 Å². The van der Waals surface area contributed by atoms with Crippen molar-refractivity contribution < 1.29 is 18.0 Å². The highest BCUT2D eigenvalue weighted by Crippen LogP contribution is 2.38. The summed E-state index contributed by atoms with van der Waals surface area (Å²) in [5.74, 6) is -0.495. The minimum atomic E-state index is -4.30. The number of para-hydroxylation sites is 1. The Morgan fingerprint density at radius 2 is 2.00 bits per heavy atom. The number of hydrogen-bond donors (Lipinski definition) is 1. The molecule has 1 aliphatic heterocycles. The quantitative estimate of drug-likeness (QED) is 0.785. The van der Waals surface area contributed by atoms with Crippen LogP contribution >= 0.6 is 0 Å². The molecule has 2 aromatic rings. The first-order valence-electron chi connectivity index (χ1n) is 10.2. The molecule has 2 aliphatic rings. The summed E-state index contributed by atoms with van der Waals surface area (Å²) >= 11 is 0. The van der Waals surface area contributed by atoms with E-state index < -0.39 is 26.6 Å². The maximum absolute atomic E-state index is 13.2. The molecular weight excluding hydrogens is 414 g/mol. The number of amides is 1. The summed E-state index contributed by atoms with van der Waals surface area (Å²) in [6, 6.07) is 9.06. The number of carbonyl (C=O) groups excluding carboxylic acids is 2. The largest absolute Gasteiger partial charge is 0.351 e. The van der Waals surface area contributed by atoms with Gasteiger partial charge in [-0.1, -0.05) is 37.3 Å². The number of nitrogens with one attached hydrogen (secondary N) is 1. The summed E-state index contributed by atoms with van der Waals surface area (Å²) in [6.07, 6.45) is 5.20. The second-order valence-electron chi connectivity index (χ2n) is 8.81. The lowest BCUT2D eigenvalue weighted by molar-refractivity contribution is -0.114. The number of ketones is 1. The maximum atomic E-state index is 13.2. The minimum absolute atomic E-state index is 0.0103. The van der Waals surface area contributed by atoms with E-state index >= 15 is 0 Å². The van der Waals surface area contributed by atoms with Crippen LogP contribution in [0.1, 0.15) is 44.0 Å². The number of pyridine rings is 1. The van der Waals surface area contributed by atoms with Gasteiger partial charge in [0.25, 0.3) is 15.9 Å². The van der Waals surface area contributed by atoms with Gasteiger partial charge in [0, 0.05) is 23.9 Å². The van der Waals surface area contributed by atoms with E-state index in [4.69, 9.17) is 4.98 Å². The molecule has 1 aromatic carbocycles. The molecule has 7 nitrogen and oxygen atoms in total. The summed E-state index contributed by atoms with van der Waals surface area (Å²) in [6.45, 7) is 7.02. The summed E-state index contributed by atoms with van der Waals surface area (Å²) in [4.78, 5) is 31.7. The third kappa shape index (κ3) is 3.99. The number of carbonyl (C=O) groups is 2. The number of benzene rings is 1. The normalized spacial score (nSPS) is 20.7. The van der Waals surface area contributed by atoms with Gasteiger partial charge in [-0.15, -0.1) is 0 Å². The Hall–Kier alpha value is -3.00. The number of aromatic nitrogens is 1. The molecule has 1 amide bonds. The Morgan fingerprint density at radius 1 is 1.26 bits per heavy atom. The number of allylic oxidation sites excluding steroid dienone is 4. The standard InChI is InChI=1S/C23H25N3O4S/c1-15-13-23(2,3)26(14-15)21-17(12-16-8-4-5-9-18(16)24-21)22(28)25-31(29,30)20-11-7-6-10-19(20)27/h4-9,11-12,15H,10,13-14H2,1-3H3,(H,25,28)/t15-/m0/s1. The van der Waals surface area contributed by atoms with Crippen molar-refractivity contribution in [2.45, 2.75) is 39.2 Å². The van der Waals surface area contributed by atoms with Gasteiger partial charge in [0.05, 0.1) is 11.1 Å². The van der Waals surface area contributed by atoms with Gasteiger partial charge in [-0.2, -0.15) is 0 Å².